The molecule has 3 rings (SSSR count). The van der Waals surface area contributed by atoms with Crippen molar-refractivity contribution >= 4 is 16.9 Å². The first-order valence-corrected chi connectivity index (χ1v) is 6.84. The molecule has 1 aromatic carbocycles. The molecular weight excluding hydrogens is 266 g/mol. The van der Waals surface area contributed by atoms with E-state index in [1.165, 1.54) is 0 Å². The highest BCUT2D eigenvalue weighted by molar-refractivity contribution is 5.82. The fraction of sp³-hybridized carbons (Fsp3) is 0.250. The number of benzene rings is 1. The lowest BCUT2D eigenvalue weighted by atomic mass is 10.1. The molecule has 2 heterocycles. The lowest BCUT2D eigenvalue weighted by Crippen LogP contribution is -2.24. The van der Waals surface area contributed by atoms with Crippen molar-refractivity contribution in [2.75, 3.05) is 0 Å². The van der Waals surface area contributed by atoms with Crippen molar-refractivity contribution in [3.63, 3.8) is 0 Å². The number of rotatable bonds is 4. The number of hydrogen-bond acceptors (Lipinski definition) is 3. The number of aromatic nitrogens is 2. The summed E-state index contributed by atoms with van der Waals surface area (Å²) < 4.78 is 7.22. The third kappa shape index (κ3) is 2.81. The van der Waals surface area contributed by atoms with Crippen molar-refractivity contribution < 1.29 is 9.21 Å². The molecule has 0 aliphatic heterocycles. The normalized spacial score (nSPS) is 11.0. The van der Waals surface area contributed by atoms with E-state index < -0.39 is 0 Å². The lowest BCUT2D eigenvalue weighted by molar-refractivity contribution is -0.120. The Kier molecular flexibility index (Phi) is 3.48. The Morgan fingerprint density at radius 1 is 1.38 bits per heavy atom. The molecule has 0 radical (unpaired) electrons. The zero-order valence-corrected chi connectivity index (χ0v) is 12.1. The predicted octanol–water partition coefficient (Wildman–Crippen LogP) is 2.33. The molecule has 108 valence electrons. The molecule has 21 heavy (non-hydrogen) atoms. The highest BCUT2D eigenvalue weighted by Gasteiger charge is 2.08. The first-order chi connectivity index (χ1) is 10.1. The van der Waals surface area contributed by atoms with E-state index >= 15 is 0 Å². The molecule has 0 saturated heterocycles. The number of fused-ring (bicyclic) bond motifs is 1. The number of imidazole rings is 1. The van der Waals surface area contributed by atoms with Crippen LogP contribution in [-0.2, 0) is 24.8 Å². The van der Waals surface area contributed by atoms with Crippen molar-refractivity contribution in [3.8, 4) is 0 Å². The Hall–Kier alpha value is -2.56. The second-order valence-corrected chi connectivity index (χ2v) is 5.07. The van der Waals surface area contributed by atoms with E-state index in [2.05, 4.69) is 10.3 Å². The Bertz CT molecular complexity index is 772. The molecule has 0 unspecified atom stereocenters. The largest absolute Gasteiger partial charge is 0.467 e. The maximum absolute atomic E-state index is 11.9. The third-order valence-corrected chi connectivity index (χ3v) is 3.57. The molecule has 2 aromatic heterocycles. The Labute approximate surface area is 122 Å². The molecule has 5 nitrogen and oxygen atoms in total. The Morgan fingerprint density at radius 3 is 3.00 bits per heavy atom. The highest BCUT2D eigenvalue weighted by atomic mass is 16.3. The summed E-state index contributed by atoms with van der Waals surface area (Å²) in [5.41, 5.74) is 2.95. The quantitative estimate of drug-likeness (QED) is 0.799. The van der Waals surface area contributed by atoms with Gasteiger partial charge in [0.1, 0.15) is 11.6 Å². The van der Waals surface area contributed by atoms with Crippen LogP contribution in [0.25, 0.3) is 11.0 Å². The van der Waals surface area contributed by atoms with Crippen molar-refractivity contribution in [2.24, 2.45) is 7.05 Å². The fourth-order valence-electron chi connectivity index (χ4n) is 2.32. The zero-order chi connectivity index (χ0) is 14.8. The number of aryl methyl sites for hydroxylation is 2. The van der Waals surface area contributed by atoms with Crippen LogP contribution in [0.4, 0.5) is 0 Å². The van der Waals surface area contributed by atoms with Gasteiger partial charge in [0.15, 0.2) is 0 Å². The van der Waals surface area contributed by atoms with Crippen LogP contribution in [0.1, 0.15) is 17.1 Å². The molecule has 0 saturated carbocycles. The van der Waals surface area contributed by atoms with Crippen molar-refractivity contribution in [3.05, 3.63) is 53.7 Å². The zero-order valence-electron chi connectivity index (χ0n) is 12.1. The summed E-state index contributed by atoms with van der Waals surface area (Å²) in [5, 5.41) is 2.84. The van der Waals surface area contributed by atoms with Gasteiger partial charge in [0.2, 0.25) is 5.91 Å². The molecule has 0 atom stereocenters. The first kappa shape index (κ1) is 13.4. The van der Waals surface area contributed by atoms with E-state index in [9.17, 15) is 4.79 Å². The van der Waals surface area contributed by atoms with Crippen LogP contribution >= 0.6 is 0 Å². The van der Waals surface area contributed by atoms with E-state index in [1.807, 2.05) is 42.8 Å². The van der Waals surface area contributed by atoms with Gasteiger partial charge in [0.25, 0.3) is 0 Å². The number of furan rings is 1. The molecule has 5 heteroatoms. The second-order valence-electron chi connectivity index (χ2n) is 5.07. The summed E-state index contributed by atoms with van der Waals surface area (Å²) in [7, 11) is 1.99. The number of hydrogen-bond donors (Lipinski definition) is 1. The third-order valence-electron chi connectivity index (χ3n) is 3.57. The van der Waals surface area contributed by atoms with E-state index in [0.717, 1.165) is 28.2 Å². The smallest absolute Gasteiger partial charge is 0.224 e. The highest BCUT2D eigenvalue weighted by Crippen LogP contribution is 2.16. The first-order valence-electron chi connectivity index (χ1n) is 6.84. The van der Waals surface area contributed by atoms with Gasteiger partial charge in [-0.25, -0.2) is 4.98 Å². The van der Waals surface area contributed by atoms with Crippen molar-refractivity contribution in [1.82, 2.24) is 14.9 Å². The van der Waals surface area contributed by atoms with E-state index in [4.69, 9.17) is 4.42 Å². The summed E-state index contributed by atoms with van der Waals surface area (Å²) in [6, 6.07) is 9.58. The molecule has 1 amide bonds. The summed E-state index contributed by atoms with van der Waals surface area (Å²) in [4.78, 5) is 16.4. The van der Waals surface area contributed by atoms with Crippen molar-refractivity contribution in [1.29, 1.82) is 0 Å². The standard InChI is InChI=1S/C16H17N3O2/c1-11-18-14-8-12(5-6-15(14)19(11)2)9-16(20)17-10-13-4-3-7-21-13/h3-8H,9-10H2,1-2H3,(H,17,20). The monoisotopic (exact) mass is 283 g/mol. The molecule has 0 aliphatic carbocycles. The summed E-state index contributed by atoms with van der Waals surface area (Å²) in [6.07, 6.45) is 1.94. The number of nitrogens with one attached hydrogen (secondary N) is 1. The minimum atomic E-state index is -0.0293. The SMILES string of the molecule is Cc1nc2cc(CC(=O)NCc3ccco3)ccc2n1C. The van der Waals surface area contributed by atoms with Gasteiger partial charge in [-0.2, -0.15) is 0 Å². The second kappa shape index (κ2) is 5.44. The predicted molar refractivity (Wildman–Crippen MR) is 79.7 cm³/mol. The van der Waals surface area contributed by atoms with Crippen LogP contribution in [0.5, 0.6) is 0 Å². The maximum Gasteiger partial charge on any atom is 0.224 e. The van der Waals surface area contributed by atoms with Gasteiger partial charge < -0.3 is 14.3 Å². The lowest BCUT2D eigenvalue weighted by Gasteiger charge is -2.04. The van der Waals surface area contributed by atoms with Crippen LogP contribution in [0.15, 0.2) is 41.0 Å². The molecule has 1 N–H and O–H groups in total. The summed E-state index contributed by atoms with van der Waals surface area (Å²) in [5.74, 6) is 1.68. The van der Waals surface area contributed by atoms with E-state index in [1.54, 1.807) is 12.3 Å². The van der Waals surface area contributed by atoms with Gasteiger partial charge in [0, 0.05) is 7.05 Å². The van der Waals surface area contributed by atoms with Gasteiger partial charge in [-0.05, 0) is 36.8 Å². The minimum absolute atomic E-state index is 0.0293. The van der Waals surface area contributed by atoms with Gasteiger partial charge in [-0.3, -0.25) is 4.79 Å². The summed E-state index contributed by atoms with van der Waals surface area (Å²) >= 11 is 0. The van der Waals surface area contributed by atoms with Gasteiger partial charge in [-0.15, -0.1) is 0 Å². The van der Waals surface area contributed by atoms with Crippen LogP contribution < -0.4 is 5.32 Å². The minimum Gasteiger partial charge on any atom is -0.467 e. The van der Waals surface area contributed by atoms with Crippen molar-refractivity contribution in [2.45, 2.75) is 19.9 Å². The molecule has 3 aromatic rings. The van der Waals surface area contributed by atoms with Gasteiger partial charge >= 0.3 is 0 Å². The number of amides is 1. The molecule has 0 aliphatic rings. The average molecular weight is 283 g/mol. The number of carbonyl (C=O) groups is 1. The topological polar surface area (TPSA) is 60.1 Å². The van der Waals surface area contributed by atoms with Crippen LogP contribution in [0.3, 0.4) is 0 Å². The number of nitrogens with zero attached hydrogens (tertiary/aromatic N) is 2. The summed E-state index contributed by atoms with van der Waals surface area (Å²) in [6.45, 7) is 2.38. The van der Waals surface area contributed by atoms with Crippen LogP contribution in [0.2, 0.25) is 0 Å². The average Bonchev–Trinajstić information content (AvgIpc) is 3.06. The molecular formula is C16H17N3O2. The van der Waals surface area contributed by atoms with E-state index in [0.29, 0.717) is 13.0 Å². The fourth-order valence-corrected chi connectivity index (χ4v) is 2.32. The van der Waals surface area contributed by atoms with Gasteiger partial charge in [0.05, 0.1) is 30.3 Å². The Morgan fingerprint density at radius 2 is 2.24 bits per heavy atom. The molecule has 0 bridgehead atoms. The van der Waals surface area contributed by atoms with E-state index in [-0.39, 0.29) is 5.91 Å². The van der Waals surface area contributed by atoms with Gasteiger partial charge in [-0.1, -0.05) is 6.07 Å². The Balaban J connectivity index is 1.68. The van der Waals surface area contributed by atoms with Crippen LogP contribution in [-0.4, -0.2) is 15.5 Å². The maximum atomic E-state index is 11.9. The number of carbonyl (C=O) groups excluding carboxylic acids is 1. The molecule has 0 fully saturated rings. The molecule has 0 spiro atoms. The van der Waals surface area contributed by atoms with Crippen LogP contribution in [0, 0.1) is 6.92 Å².